The first-order valence-corrected chi connectivity index (χ1v) is 10.3. The Morgan fingerprint density at radius 3 is 2.74 bits per heavy atom. The summed E-state index contributed by atoms with van der Waals surface area (Å²) in [6.45, 7) is 3.49. The van der Waals surface area contributed by atoms with Crippen LogP contribution in [0, 0.1) is 0 Å². The van der Waals surface area contributed by atoms with Gasteiger partial charge in [-0.25, -0.2) is 14.8 Å². The molecule has 3 rings (SSSR count). The van der Waals surface area contributed by atoms with E-state index in [-0.39, 0.29) is 11.8 Å². The van der Waals surface area contributed by atoms with Crippen molar-refractivity contribution in [2.24, 2.45) is 0 Å². The zero-order valence-corrected chi connectivity index (χ0v) is 17.8. The van der Waals surface area contributed by atoms with Crippen LogP contribution in [0.1, 0.15) is 35.7 Å². The maximum atomic E-state index is 12.2. The largest absolute Gasteiger partial charge is 0.385 e. The molecule has 162 valence electrons. The fourth-order valence-corrected chi connectivity index (χ4v) is 3.18. The topological polar surface area (TPSA) is 105 Å². The Morgan fingerprint density at radius 1 is 1.10 bits per heavy atom. The Bertz CT molecular complexity index is 1050. The summed E-state index contributed by atoms with van der Waals surface area (Å²) in [7, 11) is 1.63. The first-order valence-electron chi connectivity index (χ1n) is 10.3. The van der Waals surface area contributed by atoms with E-state index in [9.17, 15) is 9.59 Å². The van der Waals surface area contributed by atoms with E-state index < -0.39 is 0 Å². The van der Waals surface area contributed by atoms with Crippen LogP contribution in [0.15, 0.2) is 48.8 Å². The van der Waals surface area contributed by atoms with E-state index in [1.807, 2.05) is 43.3 Å². The third-order valence-corrected chi connectivity index (χ3v) is 4.74. The van der Waals surface area contributed by atoms with Crippen molar-refractivity contribution < 1.29 is 14.3 Å². The smallest absolute Gasteiger partial charge is 0.319 e. The number of Topliss-reactive ketones (excluding diaryl/α,β-unsaturated/α-hetero) is 1. The van der Waals surface area contributed by atoms with E-state index in [0.717, 1.165) is 17.4 Å². The first-order chi connectivity index (χ1) is 15.1. The molecule has 0 atom stereocenters. The number of carbonyl (C=O) groups excluding carboxylic acids is 2. The van der Waals surface area contributed by atoms with Gasteiger partial charge in [0.05, 0.1) is 5.52 Å². The minimum absolute atomic E-state index is 0.0505. The van der Waals surface area contributed by atoms with E-state index in [1.54, 1.807) is 13.2 Å². The quantitative estimate of drug-likeness (QED) is 0.338. The number of nitrogens with zero attached hydrogens (tertiary/aromatic N) is 2. The zero-order valence-electron chi connectivity index (χ0n) is 17.8. The Hall–Kier alpha value is -3.52. The van der Waals surface area contributed by atoms with Crippen molar-refractivity contribution in [3.8, 4) is 0 Å². The molecule has 1 aromatic heterocycles. The molecule has 8 nitrogen and oxygen atoms in total. The number of fused-ring (bicyclic) bond motifs is 1. The van der Waals surface area contributed by atoms with Crippen LogP contribution in [0.25, 0.3) is 10.9 Å². The Morgan fingerprint density at radius 2 is 1.94 bits per heavy atom. The van der Waals surface area contributed by atoms with Gasteiger partial charge in [-0.3, -0.25) is 4.79 Å². The predicted molar refractivity (Wildman–Crippen MR) is 121 cm³/mol. The van der Waals surface area contributed by atoms with Gasteiger partial charge in [-0.1, -0.05) is 25.1 Å². The molecule has 0 bridgehead atoms. The number of urea groups is 1. The van der Waals surface area contributed by atoms with Crippen LogP contribution in [0.3, 0.4) is 0 Å². The van der Waals surface area contributed by atoms with Gasteiger partial charge < -0.3 is 20.7 Å². The summed E-state index contributed by atoms with van der Waals surface area (Å²) < 4.78 is 4.97. The lowest BCUT2D eigenvalue weighted by molar-refractivity contribution is 0.0989. The van der Waals surface area contributed by atoms with Gasteiger partial charge in [0.15, 0.2) is 5.78 Å². The summed E-state index contributed by atoms with van der Waals surface area (Å²) in [5.74, 6) is 0.708. The molecule has 0 aliphatic rings. The van der Waals surface area contributed by atoms with Crippen LogP contribution in [0.2, 0.25) is 0 Å². The Balaban J connectivity index is 1.67. The minimum atomic E-state index is -0.254. The predicted octanol–water partition coefficient (Wildman–Crippen LogP) is 3.99. The van der Waals surface area contributed by atoms with Crippen LogP contribution in [-0.4, -0.2) is 42.0 Å². The molecule has 0 spiro atoms. The second-order valence-corrected chi connectivity index (χ2v) is 6.98. The van der Waals surface area contributed by atoms with Gasteiger partial charge in [-0.2, -0.15) is 0 Å². The second kappa shape index (κ2) is 11.0. The highest BCUT2D eigenvalue weighted by molar-refractivity contribution is 6.08. The SMILES string of the molecule is CCC(=O)c1cccc2c(NCc3cccc(NC(=O)NCCCOC)c3)ncnc12. The summed E-state index contributed by atoms with van der Waals surface area (Å²) >= 11 is 0. The van der Waals surface area contributed by atoms with E-state index in [1.165, 1.54) is 6.33 Å². The average Bonchev–Trinajstić information content (AvgIpc) is 2.80. The molecule has 0 aliphatic heterocycles. The highest BCUT2D eigenvalue weighted by Crippen LogP contribution is 2.24. The molecule has 0 saturated heterocycles. The summed E-state index contributed by atoms with van der Waals surface area (Å²) in [4.78, 5) is 32.9. The normalized spacial score (nSPS) is 10.6. The minimum Gasteiger partial charge on any atom is -0.385 e. The first kappa shape index (κ1) is 22.2. The summed E-state index contributed by atoms with van der Waals surface area (Å²) in [5, 5.41) is 9.73. The number of ketones is 1. The number of hydrogen-bond acceptors (Lipinski definition) is 6. The number of ether oxygens (including phenoxy) is 1. The molecule has 0 unspecified atom stereocenters. The van der Waals surface area contributed by atoms with Crippen molar-refractivity contribution in [1.29, 1.82) is 0 Å². The molecule has 3 N–H and O–H groups in total. The number of amides is 2. The van der Waals surface area contributed by atoms with E-state index in [4.69, 9.17) is 4.74 Å². The summed E-state index contributed by atoms with van der Waals surface area (Å²) in [6.07, 6.45) is 2.64. The Kier molecular flexibility index (Phi) is 7.89. The van der Waals surface area contributed by atoms with Gasteiger partial charge >= 0.3 is 6.03 Å². The summed E-state index contributed by atoms with van der Waals surface area (Å²) in [5.41, 5.74) is 2.93. The number of methoxy groups -OCH3 is 1. The fourth-order valence-electron chi connectivity index (χ4n) is 3.18. The molecule has 1 heterocycles. The van der Waals surface area contributed by atoms with Crippen LogP contribution in [0.5, 0.6) is 0 Å². The molecule has 0 aliphatic carbocycles. The van der Waals surface area contributed by atoms with E-state index in [2.05, 4.69) is 25.9 Å². The van der Waals surface area contributed by atoms with E-state index >= 15 is 0 Å². The molecule has 0 saturated carbocycles. The number of aromatic nitrogens is 2. The van der Waals surface area contributed by atoms with Crippen molar-refractivity contribution in [3.05, 3.63) is 59.9 Å². The van der Waals surface area contributed by atoms with E-state index in [0.29, 0.717) is 48.7 Å². The second-order valence-electron chi connectivity index (χ2n) is 6.98. The maximum absolute atomic E-state index is 12.2. The highest BCUT2D eigenvalue weighted by atomic mass is 16.5. The Labute approximate surface area is 181 Å². The third kappa shape index (κ3) is 5.99. The average molecular weight is 422 g/mol. The molecule has 2 aromatic carbocycles. The summed E-state index contributed by atoms with van der Waals surface area (Å²) in [6, 6.07) is 12.9. The lowest BCUT2D eigenvalue weighted by atomic mass is 10.0. The number of hydrogen-bond donors (Lipinski definition) is 3. The number of anilines is 2. The van der Waals surface area contributed by atoms with Crippen LogP contribution in [0.4, 0.5) is 16.3 Å². The van der Waals surface area contributed by atoms with Crippen molar-refractivity contribution in [2.45, 2.75) is 26.3 Å². The van der Waals surface area contributed by atoms with Crippen LogP contribution in [-0.2, 0) is 11.3 Å². The lowest BCUT2D eigenvalue weighted by Gasteiger charge is -2.12. The molecular formula is C23H27N5O3. The molecule has 31 heavy (non-hydrogen) atoms. The molecule has 2 amide bonds. The maximum Gasteiger partial charge on any atom is 0.319 e. The zero-order chi connectivity index (χ0) is 22.1. The number of carbonyl (C=O) groups is 2. The lowest BCUT2D eigenvalue weighted by Crippen LogP contribution is -2.30. The standard InChI is InChI=1S/C23H27N5O3/c1-3-20(29)18-9-5-10-19-21(18)26-15-27-22(19)25-14-16-7-4-8-17(13-16)28-23(30)24-11-6-12-31-2/h4-5,7-10,13,15H,3,6,11-12,14H2,1-2H3,(H2,24,28,30)(H,25,26,27). The van der Waals surface area contributed by atoms with Crippen molar-refractivity contribution in [3.63, 3.8) is 0 Å². The van der Waals surface area contributed by atoms with Gasteiger partial charge in [-0.05, 0) is 36.2 Å². The van der Waals surface area contributed by atoms with Crippen molar-refractivity contribution >= 4 is 34.2 Å². The monoisotopic (exact) mass is 421 g/mol. The molecular weight excluding hydrogens is 394 g/mol. The van der Waals surface area contributed by atoms with Crippen LogP contribution >= 0.6 is 0 Å². The number of rotatable bonds is 10. The van der Waals surface area contributed by atoms with Crippen molar-refractivity contribution in [2.75, 3.05) is 30.9 Å². The third-order valence-electron chi connectivity index (χ3n) is 4.74. The van der Waals surface area contributed by atoms with Gasteiger partial charge in [0.25, 0.3) is 0 Å². The number of nitrogens with one attached hydrogen (secondary N) is 3. The van der Waals surface area contributed by atoms with Crippen molar-refractivity contribution in [1.82, 2.24) is 15.3 Å². The number of benzene rings is 2. The molecule has 3 aromatic rings. The molecule has 0 radical (unpaired) electrons. The fraction of sp³-hybridized carbons (Fsp3) is 0.304. The highest BCUT2D eigenvalue weighted by Gasteiger charge is 2.12. The van der Waals surface area contributed by atoms with Gasteiger partial charge in [0.1, 0.15) is 12.1 Å². The van der Waals surface area contributed by atoms with Gasteiger partial charge in [0.2, 0.25) is 0 Å². The van der Waals surface area contributed by atoms with Gasteiger partial charge in [0, 0.05) is 49.9 Å². The molecule has 0 fully saturated rings. The van der Waals surface area contributed by atoms with Crippen LogP contribution < -0.4 is 16.0 Å². The van der Waals surface area contributed by atoms with Gasteiger partial charge in [-0.15, -0.1) is 0 Å². The number of para-hydroxylation sites is 1. The molecule has 8 heteroatoms.